The second kappa shape index (κ2) is 7.68. The van der Waals surface area contributed by atoms with Gasteiger partial charge in [0, 0.05) is 36.6 Å². The van der Waals surface area contributed by atoms with Crippen LogP contribution in [-0.2, 0) is 4.74 Å². The number of guanidine groups is 1. The van der Waals surface area contributed by atoms with Gasteiger partial charge in [0.25, 0.3) is 0 Å². The molecule has 1 spiro atoms. The fourth-order valence-corrected chi connectivity index (χ4v) is 5.49. The van der Waals surface area contributed by atoms with E-state index in [-0.39, 0.29) is 24.0 Å². The first kappa shape index (κ1) is 18.7. The van der Waals surface area contributed by atoms with E-state index < -0.39 is 0 Å². The van der Waals surface area contributed by atoms with E-state index in [9.17, 15) is 0 Å². The van der Waals surface area contributed by atoms with Crippen molar-refractivity contribution in [1.82, 2.24) is 10.6 Å². The molecule has 3 aliphatic carbocycles. The Morgan fingerprint density at radius 2 is 1.88 bits per heavy atom. The van der Waals surface area contributed by atoms with Gasteiger partial charge in [-0.05, 0) is 57.8 Å². The van der Waals surface area contributed by atoms with Gasteiger partial charge in [-0.25, -0.2) is 0 Å². The van der Waals surface area contributed by atoms with Crippen LogP contribution in [0.4, 0.5) is 0 Å². The fourth-order valence-electron chi connectivity index (χ4n) is 5.49. The highest BCUT2D eigenvalue weighted by molar-refractivity contribution is 14.0. The zero-order valence-electron chi connectivity index (χ0n) is 15.2. The van der Waals surface area contributed by atoms with Crippen LogP contribution in [0.1, 0.15) is 65.2 Å². The van der Waals surface area contributed by atoms with Gasteiger partial charge >= 0.3 is 0 Å². The number of ether oxygens (including phenoxy) is 1. The van der Waals surface area contributed by atoms with Gasteiger partial charge < -0.3 is 15.4 Å². The molecule has 3 unspecified atom stereocenters. The summed E-state index contributed by atoms with van der Waals surface area (Å²) < 4.78 is 6.04. The number of nitrogens with one attached hydrogen (secondary N) is 2. The molecule has 0 aromatic rings. The molecule has 0 amide bonds. The zero-order valence-corrected chi connectivity index (χ0v) is 17.6. The first-order valence-electron chi connectivity index (χ1n) is 9.92. The SMILES string of the molecule is CCN=C(NC1CCC(C)CC1)NC1C2CCOC2C12CCC2.I. The second-order valence-electron chi connectivity index (χ2n) is 8.38. The minimum atomic E-state index is 0. The molecule has 4 aliphatic rings. The fraction of sp³-hybridized carbons (Fsp3) is 0.947. The van der Waals surface area contributed by atoms with Crippen molar-refractivity contribution in [3.8, 4) is 0 Å². The largest absolute Gasteiger partial charge is 0.377 e. The summed E-state index contributed by atoms with van der Waals surface area (Å²) in [6.45, 7) is 6.32. The molecule has 24 heavy (non-hydrogen) atoms. The molecule has 1 heterocycles. The summed E-state index contributed by atoms with van der Waals surface area (Å²) in [5.41, 5.74) is 0.429. The van der Waals surface area contributed by atoms with Crippen LogP contribution in [0.2, 0.25) is 0 Å². The highest BCUT2D eigenvalue weighted by Gasteiger charge is 2.66. The van der Waals surface area contributed by atoms with Crippen molar-refractivity contribution in [1.29, 1.82) is 0 Å². The highest BCUT2D eigenvalue weighted by atomic mass is 127. The summed E-state index contributed by atoms with van der Waals surface area (Å²) in [5.74, 6) is 2.67. The monoisotopic (exact) mass is 447 g/mol. The molecule has 4 fully saturated rings. The average Bonchev–Trinajstić information content (AvgIpc) is 2.91. The minimum absolute atomic E-state index is 0. The maximum atomic E-state index is 6.04. The molecule has 4 rings (SSSR count). The summed E-state index contributed by atoms with van der Waals surface area (Å²) in [7, 11) is 0. The number of rotatable bonds is 3. The third-order valence-corrected chi connectivity index (χ3v) is 7.00. The lowest BCUT2D eigenvalue weighted by Crippen LogP contribution is -2.72. The van der Waals surface area contributed by atoms with Crippen LogP contribution in [0.15, 0.2) is 4.99 Å². The molecule has 1 saturated heterocycles. The van der Waals surface area contributed by atoms with Crippen molar-refractivity contribution >= 4 is 29.9 Å². The molecule has 2 N–H and O–H groups in total. The molecular formula is C19H34IN3O. The third-order valence-electron chi connectivity index (χ3n) is 7.00. The van der Waals surface area contributed by atoms with Gasteiger partial charge in [0.1, 0.15) is 0 Å². The number of hydrogen-bond donors (Lipinski definition) is 2. The molecule has 3 saturated carbocycles. The summed E-state index contributed by atoms with van der Waals surface area (Å²) in [5, 5.41) is 7.58. The van der Waals surface area contributed by atoms with E-state index in [1.165, 1.54) is 51.4 Å². The van der Waals surface area contributed by atoms with Crippen molar-refractivity contribution in [3.05, 3.63) is 0 Å². The maximum absolute atomic E-state index is 6.04. The van der Waals surface area contributed by atoms with E-state index in [0.29, 0.717) is 29.5 Å². The van der Waals surface area contributed by atoms with Gasteiger partial charge in [-0.2, -0.15) is 0 Å². The lowest BCUT2D eigenvalue weighted by molar-refractivity contribution is -0.171. The number of nitrogens with zero attached hydrogens (tertiary/aromatic N) is 1. The lowest BCUT2D eigenvalue weighted by atomic mass is 9.46. The van der Waals surface area contributed by atoms with E-state index in [1.807, 2.05) is 0 Å². The number of fused-ring (bicyclic) bond motifs is 2. The Kier molecular flexibility index (Phi) is 6.00. The normalized spacial score (nSPS) is 40.1. The van der Waals surface area contributed by atoms with E-state index in [4.69, 9.17) is 9.73 Å². The summed E-state index contributed by atoms with van der Waals surface area (Å²) in [4.78, 5) is 4.75. The predicted molar refractivity (Wildman–Crippen MR) is 109 cm³/mol. The molecule has 0 aromatic carbocycles. The van der Waals surface area contributed by atoms with Crippen molar-refractivity contribution < 1.29 is 4.74 Å². The summed E-state index contributed by atoms with van der Waals surface area (Å²) >= 11 is 0. The number of aliphatic imine (C=N–C) groups is 1. The van der Waals surface area contributed by atoms with Gasteiger partial charge in [0.15, 0.2) is 5.96 Å². The summed E-state index contributed by atoms with van der Waals surface area (Å²) in [6.07, 6.45) is 11.1. The first-order valence-corrected chi connectivity index (χ1v) is 9.92. The molecule has 138 valence electrons. The Balaban J connectivity index is 0.00000169. The second-order valence-corrected chi connectivity index (χ2v) is 8.38. The molecule has 4 nitrogen and oxygen atoms in total. The van der Waals surface area contributed by atoms with Crippen LogP contribution < -0.4 is 10.6 Å². The van der Waals surface area contributed by atoms with Gasteiger partial charge in [0.05, 0.1) is 6.10 Å². The Morgan fingerprint density at radius 1 is 1.12 bits per heavy atom. The van der Waals surface area contributed by atoms with Gasteiger partial charge in [-0.15, -0.1) is 24.0 Å². The Labute approximate surface area is 164 Å². The topological polar surface area (TPSA) is 45.7 Å². The van der Waals surface area contributed by atoms with Crippen molar-refractivity contribution in [2.45, 2.75) is 83.4 Å². The van der Waals surface area contributed by atoms with E-state index in [0.717, 1.165) is 25.0 Å². The van der Waals surface area contributed by atoms with Crippen molar-refractivity contribution in [2.75, 3.05) is 13.2 Å². The van der Waals surface area contributed by atoms with Crippen LogP contribution in [0.5, 0.6) is 0 Å². The zero-order chi connectivity index (χ0) is 15.9. The average molecular weight is 447 g/mol. The maximum Gasteiger partial charge on any atom is 0.191 e. The molecule has 3 atom stereocenters. The van der Waals surface area contributed by atoms with Gasteiger partial charge in [0.2, 0.25) is 0 Å². The van der Waals surface area contributed by atoms with Crippen molar-refractivity contribution in [3.63, 3.8) is 0 Å². The van der Waals surface area contributed by atoms with Crippen LogP contribution in [0.25, 0.3) is 0 Å². The quantitative estimate of drug-likeness (QED) is 0.394. The molecular weight excluding hydrogens is 413 g/mol. The molecule has 5 heteroatoms. The number of halogens is 1. The van der Waals surface area contributed by atoms with Crippen LogP contribution in [0.3, 0.4) is 0 Å². The van der Waals surface area contributed by atoms with Crippen molar-refractivity contribution in [2.24, 2.45) is 22.2 Å². The number of hydrogen-bond acceptors (Lipinski definition) is 2. The highest BCUT2D eigenvalue weighted by Crippen LogP contribution is 2.62. The van der Waals surface area contributed by atoms with Gasteiger partial charge in [-0.3, -0.25) is 4.99 Å². The molecule has 0 radical (unpaired) electrons. The summed E-state index contributed by atoms with van der Waals surface area (Å²) in [6, 6.07) is 1.20. The first-order chi connectivity index (χ1) is 11.2. The van der Waals surface area contributed by atoms with E-state index >= 15 is 0 Å². The smallest absolute Gasteiger partial charge is 0.191 e. The Hall–Kier alpha value is -0.0400. The molecule has 1 aliphatic heterocycles. The van der Waals surface area contributed by atoms with Gasteiger partial charge in [-0.1, -0.05) is 13.3 Å². The third kappa shape index (κ3) is 3.19. The Bertz CT molecular complexity index is 458. The standard InChI is InChI=1S/C19H33N3O.HI/c1-3-20-18(21-14-7-5-13(2)6-8-14)22-16-15-9-12-23-17(15)19(16)10-4-11-19;/h13-17H,3-12H2,1-2H3,(H2,20,21,22);1H. The van der Waals surface area contributed by atoms with Crippen LogP contribution >= 0.6 is 24.0 Å². The Morgan fingerprint density at radius 3 is 2.50 bits per heavy atom. The predicted octanol–water partition coefficient (Wildman–Crippen LogP) is 3.70. The van der Waals surface area contributed by atoms with E-state index in [2.05, 4.69) is 24.5 Å². The van der Waals surface area contributed by atoms with Crippen LogP contribution in [0, 0.1) is 17.3 Å². The minimum Gasteiger partial charge on any atom is -0.377 e. The van der Waals surface area contributed by atoms with E-state index in [1.54, 1.807) is 0 Å². The molecule has 0 aromatic heterocycles. The lowest BCUT2D eigenvalue weighted by Gasteiger charge is -2.63. The van der Waals surface area contributed by atoms with Crippen LogP contribution in [-0.4, -0.2) is 37.3 Å². The molecule has 0 bridgehead atoms.